The molecule has 0 saturated carbocycles. The Balaban J connectivity index is 0.00000196. The minimum atomic E-state index is -0.0947. The van der Waals surface area contributed by atoms with Gasteiger partial charge in [-0.3, -0.25) is 4.68 Å². The molecule has 140 valence electrons. The zero-order valence-electron chi connectivity index (χ0n) is 15.2. The second-order valence-corrected chi connectivity index (χ2v) is 6.90. The average molecular weight is 378 g/mol. The van der Waals surface area contributed by atoms with E-state index in [0.29, 0.717) is 11.8 Å². The van der Waals surface area contributed by atoms with Crippen molar-refractivity contribution in [3.05, 3.63) is 35.9 Å². The van der Waals surface area contributed by atoms with Gasteiger partial charge >= 0.3 is 0 Å². The quantitative estimate of drug-likeness (QED) is 0.735. The Morgan fingerprint density at radius 2 is 2.15 bits per heavy atom. The van der Waals surface area contributed by atoms with Crippen LogP contribution in [0.5, 0.6) is 0 Å². The van der Waals surface area contributed by atoms with Crippen LogP contribution in [0.2, 0.25) is 0 Å². The van der Waals surface area contributed by atoms with E-state index < -0.39 is 0 Å². The van der Waals surface area contributed by atoms with Gasteiger partial charge in [0.2, 0.25) is 5.89 Å². The molecule has 0 bridgehead atoms. The highest BCUT2D eigenvalue weighted by atomic mass is 35.5. The van der Waals surface area contributed by atoms with E-state index in [1.165, 1.54) is 5.69 Å². The van der Waals surface area contributed by atoms with Gasteiger partial charge in [-0.15, -0.1) is 12.4 Å². The fourth-order valence-electron chi connectivity index (χ4n) is 3.13. The first-order valence-corrected chi connectivity index (χ1v) is 8.75. The number of hydrogen-bond acceptors (Lipinski definition) is 6. The van der Waals surface area contributed by atoms with Crippen LogP contribution in [0.15, 0.2) is 23.0 Å². The highest BCUT2D eigenvalue weighted by molar-refractivity contribution is 5.85. The summed E-state index contributed by atoms with van der Waals surface area (Å²) < 4.78 is 9.56. The molecule has 1 unspecified atom stereocenters. The smallest absolute Gasteiger partial charge is 0.249 e. The summed E-state index contributed by atoms with van der Waals surface area (Å²) in [5, 5.41) is 12.2. The Morgan fingerprint density at radius 3 is 2.92 bits per heavy atom. The summed E-state index contributed by atoms with van der Waals surface area (Å²) in [6.45, 7) is 8.99. The molecule has 1 aliphatic heterocycles. The average Bonchev–Trinajstić information content (AvgIpc) is 3.31. The number of halogens is 1. The summed E-state index contributed by atoms with van der Waals surface area (Å²) in [7, 11) is 0. The van der Waals surface area contributed by atoms with E-state index in [9.17, 15) is 0 Å². The van der Waals surface area contributed by atoms with Gasteiger partial charge in [-0.2, -0.15) is 10.1 Å². The summed E-state index contributed by atoms with van der Waals surface area (Å²) in [5.41, 5.74) is 2.05. The standard InChI is InChI=1S/C17H23N7O.ClH/c1-11(2)8-15-20-17(25-22-15)12(3)23-6-5-19-16(23)14-9-13-10-18-4-7-24(13)21-14;/h5-6,9,11-12,18H,4,7-8,10H2,1-3H3;1H. The van der Waals surface area contributed by atoms with Crippen molar-refractivity contribution in [2.24, 2.45) is 5.92 Å². The number of nitrogens with one attached hydrogen (secondary N) is 1. The Kier molecular flexibility index (Phi) is 5.43. The number of nitrogens with zero attached hydrogens (tertiary/aromatic N) is 6. The van der Waals surface area contributed by atoms with Crippen molar-refractivity contribution in [1.82, 2.24) is 34.8 Å². The monoisotopic (exact) mass is 377 g/mol. The Bertz CT molecular complexity index is 843. The Hall–Kier alpha value is -2.19. The van der Waals surface area contributed by atoms with Gasteiger partial charge in [0.05, 0.1) is 12.2 Å². The number of aromatic nitrogens is 6. The number of fused-ring (bicyclic) bond motifs is 1. The summed E-state index contributed by atoms with van der Waals surface area (Å²) in [6.07, 6.45) is 4.53. The van der Waals surface area contributed by atoms with Crippen molar-refractivity contribution in [3.63, 3.8) is 0 Å². The van der Waals surface area contributed by atoms with E-state index in [1.807, 2.05) is 22.4 Å². The van der Waals surface area contributed by atoms with Crippen LogP contribution < -0.4 is 5.32 Å². The molecule has 0 aromatic carbocycles. The summed E-state index contributed by atoms with van der Waals surface area (Å²) in [4.78, 5) is 9.05. The summed E-state index contributed by atoms with van der Waals surface area (Å²) in [6, 6.07) is 2.00. The molecule has 8 nitrogen and oxygen atoms in total. The molecule has 0 saturated heterocycles. The predicted molar refractivity (Wildman–Crippen MR) is 99.1 cm³/mol. The number of imidazole rings is 1. The van der Waals surface area contributed by atoms with E-state index in [1.54, 1.807) is 6.20 Å². The maximum absolute atomic E-state index is 5.48. The van der Waals surface area contributed by atoms with Gasteiger partial charge in [-0.1, -0.05) is 19.0 Å². The van der Waals surface area contributed by atoms with Gasteiger partial charge in [0.1, 0.15) is 11.7 Å². The Morgan fingerprint density at radius 1 is 1.31 bits per heavy atom. The fraction of sp³-hybridized carbons (Fsp3) is 0.529. The molecule has 0 radical (unpaired) electrons. The van der Waals surface area contributed by atoms with E-state index in [2.05, 4.69) is 40.4 Å². The predicted octanol–water partition coefficient (Wildman–Crippen LogP) is 2.46. The molecule has 3 aromatic rings. The maximum Gasteiger partial charge on any atom is 0.249 e. The fourth-order valence-corrected chi connectivity index (χ4v) is 3.13. The highest BCUT2D eigenvalue weighted by Crippen LogP contribution is 2.25. The first kappa shape index (κ1) is 18.6. The van der Waals surface area contributed by atoms with Crippen LogP contribution in [-0.2, 0) is 19.5 Å². The molecule has 1 atom stereocenters. The van der Waals surface area contributed by atoms with Gasteiger partial charge in [-0.25, -0.2) is 4.98 Å². The van der Waals surface area contributed by atoms with E-state index in [-0.39, 0.29) is 18.4 Å². The second-order valence-electron chi connectivity index (χ2n) is 6.90. The minimum Gasteiger partial charge on any atom is -0.337 e. The molecule has 1 aliphatic rings. The minimum absolute atomic E-state index is 0. The zero-order valence-corrected chi connectivity index (χ0v) is 16.0. The van der Waals surface area contributed by atoms with Crippen LogP contribution in [0.25, 0.3) is 11.5 Å². The van der Waals surface area contributed by atoms with Crippen molar-refractivity contribution in [2.45, 2.75) is 46.3 Å². The lowest BCUT2D eigenvalue weighted by Crippen LogP contribution is -2.28. The van der Waals surface area contributed by atoms with E-state index >= 15 is 0 Å². The van der Waals surface area contributed by atoms with Gasteiger partial charge in [0.15, 0.2) is 11.6 Å². The maximum atomic E-state index is 5.48. The third-order valence-electron chi connectivity index (χ3n) is 4.42. The Labute approximate surface area is 158 Å². The lowest BCUT2D eigenvalue weighted by atomic mass is 10.1. The van der Waals surface area contributed by atoms with Crippen LogP contribution in [0, 0.1) is 5.92 Å². The van der Waals surface area contributed by atoms with Crippen molar-refractivity contribution >= 4 is 12.4 Å². The molecule has 1 N–H and O–H groups in total. The molecular weight excluding hydrogens is 354 g/mol. The van der Waals surface area contributed by atoms with Crippen molar-refractivity contribution < 1.29 is 4.52 Å². The third-order valence-corrected chi connectivity index (χ3v) is 4.42. The van der Waals surface area contributed by atoms with E-state index in [0.717, 1.165) is 43.4 Å². The molecule has 0 aliphatic carbocycles. The first-order valence-electron chi connectivity index (χ1n) is 8.75. The van der Waals surface area contributed by atoms with Crippen LogP contribution in [0.3, 0.4) is 0 Å². The van der Waals surface area contributed by atoms with Crippen LogP contribution in [-0.4, -0.2) is 36.0 Å². The molecule has 0 fully saturated rings. The van der Waals surface area contributed by atoms with Gasteiger partial charge in [0.25, 0.3) is 0 Å². The van der Waals surface area contributed by atoms with Crippen molar-refractivity contribution in [3.8, 4) is 11.5 Å². The highest BCUT2D eigenvalue weighted by Gasteiger charge is 2.22. The molecule has 9 heteroatoms. The first-order chi connectivity index (χ1) is 12.1. The lowest BCUT2D eigenvalue weighted by Gasteiger charge is -2.13. The SMILES string of the molecule is CC(C)Cc1noc(C(C)n2ccnc2-c2cc3n(n2)CCNC3)n1.Cl. The molecule has 0 amide bonds. The lowest BCUT2D eigenvalue weighted by molar-refractivity contribution is 0.341. The molecular formula is C17H24ClN7O. The number of rotatable bonds is 5. The molecule has 26 heavy (non-hydrogen) atoms. The molecule has 4 rings (SSSR count). The molecule has 4 heterocycles. The summed E-state index contributed by atoms with van der Waals surface area (Å²) >= 11 is 0. The summed E-state index contributed by atoms with van der Waals surface area (Å²) in [5.74, 6) is 2.66. The number of hydrogen-bond donors (Lipinski definition) is 1. The third kappa shape index (κ3) is 3.52. The zero-order chi connectivity index (χ0) is 17.4. The van der Waals surface area contributed by atoms with Crippen LogP contribution in [0.1, 0.15) is 44.2 Å². The van der Waals surface area contributed by atoms with Crippen LogP contribution in [0.4, 0.5) is 0 Å². The van der Waals surface area contributed by atoms with E-state index in [4.69, 9.17) is 9.62 Å². The van der Waals surface area contributed by atoms with Crippen LogP contribution >= 0.6 is 12.4 Å². The largest absolute Gasteiger partial charge is 0.337 e. The molecule has 0 spiro atoms. The van der Waals surface area contributed by atoms with Crippen molar-refractivity contribution in [1.29, 1.82) is 0 Å². The van der Waals surface area contributed by atoms with Gasteiger partial charge in [-0.05, 0) is 18.9 Å². The normalized spacial score (nSPS) is 14.9. The topological polar surface area (TPSA) is 86.6 Å². The van der Waals surface area contributed by atoms with Crippen molar-refractivity contribution in [2.75, 3.05) is 6.54 Å². The van der Waals surface area contributed by atoms with Gasteiger partial charge < -0.3 is 14.4 Å². The van der Waals surface area contributed by atoms with Gasteiger partial charge in [0, 0.05) is 31.9 Å². The molecule has 3 aromatic heterocycles. The second kappa shape index (κ2) is 7.59.